The maximum atomic E-state index is 13.5. The minimum Gasteiger partial charge on any atom is -0.463 e. The number of piperidine rings is 1. The molecular weight excluding hydrogens is 390 g/mol. The Labute approximate surface area is 187 Å². The third-order valence-electron chi connectivity index (χ3n) is 5.96. The number of hydrogen-bond donors (Lipinski definition) is 0. The van der Waals surface area contributed by atoms with Gasteiger partial charge in [0.05, 0.1) is 12.1 Å². The van der Waals surface area contributed by atoms with Crippen LogP contribution in [0.1, 0.15) is 78.0 Å². The molecule has 0 aromatic heterocycles. The molecule has 5 nitrogen and oxygen atoms in total. The highest BCUT2D eigenvalue weighted by Crippen LogP contribution is 2.53. The smallest absolute Gasteiger partial charge is 0.411 e. The van der Waals surface area contributed by atoms with Gasteiger partial charge in [0.25, 0.3) is 0 Å². The molecule has 0 spiro atoms. The van der Waals surface area contributed by atoms with Gasteiger partial charge in [-0.3, -0.25) is 4.90 Å². The van der Waals surface area contributed by atoms with Crippen molar-refractivity contribution < 1.29 is 19.1 Å². The molecule has 1 saturated heterocycles. The Morgan fingerprint density at radius 2 is 1.68 bits per heavy atom. The molecule has 1 atom stereocenters. The fraction of sp³-hybridized carbons (Fsp3) is 0.615. The highest BCUT2D eigenvalue weighted by atomic mass is 16.6. The number of esters is 1. The molecule has 1 aliphatic heterocycles. The molecule has 2 rings (SSSR count). The van der Waals surface area contributed by atoms with Crippen LogP contribution in [0.15, 0.2) is 29.8 Å². The second-order valence-electron chi connectivity index (χ2n) is 10.5. The summed E-state index contributed by atoms with van der Waals surface area (Å²) in [5.41, 5.74) is 2.79. The number of benzene rings is 1. The monoisotopic (exact) mass is 429 g/mol. The van der Waals surface area contributed by atoms with E-state index in [0.717, 1.165) is 22.3 Å². The molecule has 1 aliphatic rings. The number of carbonyl (C=O) groups is 2. The molecule has 1 aromatic rings. The van der Waals surface area contributed by atoms with E-state index in [1.807, 2.05) is 31.7 Å². The molecule has 5 heteroatoms. The van der Waals surface area contributed by atoms with Crippen LogP contribution in [0, 0.1) is 19.3 Å². The van der Waals surface area contributed by atoms with Gasteiger partial charge in [-0.1, -0.05) is 44.5 Å². The summed E-state index contributed by atoms with van der Waals surface area (Å²) in [6.07, 6.45) is 2.46. The Hall–Kier alpha value is -2.30. The summed E-state index contributed by atoms with van der Waals surface area (Å²) in [6.45, 7) is 18.9. The van der Waals surface area contributed by atoms with Crippen molar-refractivity contribution >= 4 is 12.1 Å². The zero-order valence-corrected chi connectivity index (χ0v) is 20.7. The Balaban J connectivity index is 2.74. The van der Waals surface area contributed by atoms with Crippen LogP contribution in [-0.4, -0.2) is 35.7 Å². The summed E-state index contributed by atoms with van der Waals surface area (Å²) in [4.78, 5) is 27.6. The molecule has 1 aromatic carbocycles. The first-order valence-corrected chi connectivity index (χ1v) is 11.2. The number of nitrogens with zero attached hydrogens (tertiary/aromatic N) is 1. The fourth-order valence-electron chi connectivity index (χ4n) is 4.73. The number of rotatable bonds is 3. The zero-order chi connectivity index (χ0) is 23.6. The van der Waals surface area contributed by atoms with Gasteiger partial charge < -0.3 is 9.47 Å². The highest BCUT2D eigenvalue weighted by Gasteiger charge is 2.54. The van der Waals surface area contributed by atoms with Gasteiger partial charge >= 0.3 is 12.1 Å². The molecule has 1 heterocycles. The predicted molar refractivity (Wildman–Crippen MR) is 124 cm³/mol. The van der Waals surface area contributed by atoms with Gasteiger partial charge in [0.2, 0.25) is 0 Å². The van der Waals surface area contributed by atoms with Gasteiger partial charge in [0.1, 0.15) is 5.60 Å². The van der Waals surface area contributed by atoms with E-state index in [1.165, 1.54) is 0 Å². The maximum Gasteiger partial charge on any atom is 0.411 e. The van der Waals surface area contributed by atoms with Crippen LogP contribution in [-0.2, 0) is 19.8 Å². The number of carbonyl (C=O) groups excluding carboxylic acids is 2. The van der Waals surface area contributed by atoms with Crippen LogP contribution in [0.2, 0.25) is 0 Å². The molecule has 1 unspecified atom stereocenters. The van der Waals surface area contributed by atoms with E-state index in [4.69, 9.17) is 9.47 Å². The molecule has 0 saturated carbocycles. The van der Waals surface area contributed by atoms with Crippen molar-refractivity contribution in [2.75, 3.05) is 13.2 Å². The second kappa shape index (κ2) is 9.05. The van der Waals surface area contributed by atoms with Crippen LogP contribution in [0.25, 0.3) is 0 Å². The van der Waals surface area contributed by atoms with Crippen LogP contribution < -0.4 is 0 Å². The molecular formula is C26H39NO4. The third-order valence-corrected chi connectivity index (χ3v) is 5.96. The average molecular weight is 430 g/mol. The van der Waals surface area contributed by atoms with Gasteiger partial charge in [-0.2, -0.15) is 0 Å². The first-order valence-electron chi connectivity index (χ1n) is 11.2. The molecule has 0 bridgehead atoms. The molecule has 31 heavy (non-hydrogen) atoms. The van der Waals surface area contributed by atoms with E-state index in [1.54, 1.807) is 13.0 Å². The minimum atomic E-state index is -0.665. The number of amides is 1. The Morgan fingerprint density at radius 3 is 2.16 bits per heavy atom. The first kappa shape index (κ1) is 25.0. The summed E-state index contributed by atoms with van der Waals surface area (Å²) in [7, 11) is 0. The summed E-state index contributed by atoms with van der Waals surface area (Å²) >= 11 is 0. The van der Waals surface area contributed by atoms with Crippen molar-refractivity contribution in [3.8, 4) is 0 Å². The molecule has 1 fully saturated rings. The number of ether oxygens (including phenoxy) is 2. The Bertz CT molecular complexity index is 837. The lowest BCUT2D eigenvalue weighted by molar-refractivity contribution is -0.137. The summed E-state index contributed by atoms with van der Waals surface area (Å²) < 4.78 is 11.0. The standard InChI is InChI=1S/C26H39NO4/c1-10-30-21(28)16-20-14-15-27(23(29)31-25(7,8)9)26(17-20,24(4,5)6)22-18(2)12-11-13-19(22)3/h11-13,16H,10,14-15,17H2,1-9H3. The van der Waals surface area contributed by atoms with Crippen molar-refractivity contribution in [2.45, 2.75) is 86.3 Å². The number of likely N-dealkylation sites (tertiary alicyclic amines) is 1. The van der Waals surface area contributed by atoms with E-state index < -0.39 is 11.1 Å². The number of aryl methyl sites for hydroxylation is 2. The van der Waals surface area contributed by atoms with E-state index in [2.05, 4.69) is 46.8 Å². The molecule has 0 radical (unpaired) electrons. The maximum absolute atomic E-state index is 13.5. The Kier molecular flexibility index (Phi) is 7.29. The summed E-state index contributed by atoms with van der Waals surface area (Å²) in [5, 5.41) is 0. The highest BCUT2D eigenvalue weighted by molar-refractivity contribution is 5.83. The Morgan fingerprint density at radius 1 is 1.10 bits per heavy atom. The molecule has 0 aliphatic carbocycles. The fourth-order valence-corrected chi connectivity index (χ4v) is 4.73. The minimum absolute atomic E-state index is 0.319. The normalized spacial score (nSPS) is 21.2. The summed E-state index contributed by atoms with van der Waals surface area (Å²) in [5.74, 6) is -0.326. The van der Waals surface area contributed by atoms with E-state index in [9.17, 15) is 9.59 Å². The summed E-state index contributed by atoms with van der Waals surface area (Å²) in [6, 6.07) is 6.22. The van der Waals surface area contributed by atoms with Crippen molar-refractivity contribution in [2.24, 2.45) is 5.41 Å². The lowest BCUT2D eigenvalue weighted by atomic mass is 9.61. The third kappa shape index (κ3) is 5.31. The predicted octanol–water partition coefficient (Wildman–Crippen LogP) is 6.07. The topological polar surface area (TPSA) is 55.8 Å². The lowest BCUT2D eigenvalue weighted by Crippen LogP contribution is -2.60. The van der Waals surface area contributed by atoms with Crippen LogP contribution in [0.5, 0.6) is 0 Å². The van der Waals surface area contributed by atoms with E-state index in [-0.39, 0.29) is 17.5 Å². The van der Waals surface area contributed by atoms with Crippen molar-refractivity contribution in [1.82, 2.24) is 4.90 Å². The molecule has 172 valence electrons. The molecule has 1 amide bonds. The van der Waals surface area contributed by atoms with Crippen molar-refractivity contribution in [1.29, 1.82) is 0 Å². The van der Waals surface area contributed by atoms with Crippen molar-refractivity contribution in [3.63, 3.8) is 0 Å². The zero-order valence-electron chi connectivity index (χ0n) is 20.7. The number of hydrogen-bond acceptors (Lipinski definition) is 4. The second-order valence-corrected chi connectivity index (χ2v) is 10.5. The quantitative estimate of drug-likeness (QED) is 0.432. The van der Waals surface area contributed by atoms with Crippen LogP contribution in [0.3, 0.4) is 0 Å². The average Bonchev–Trinajstić information content (AvgIpc) is 2.59. The van der Waals surface area contributed by atoms with Gasteiger partial charge in [0.15, 0.2) is 0 Å². The van der Waals surface area contributed by atoms with Crippen LogP contribution >= 0.6 is 0 Å². The van der Waals surface area contributed by atoms with Crippen LogP contribution in [0.4, 0.5) is 4.79 Å². The van der Waals surface area contributed by atoms with Crippen molar-refractivity contribution in [3.05, 3.63) is 46.5 Å². The van der Waals surface area contributed by atoms with Gasteiger partial charge in [-0.25, -0.2) is 9.59 Å². The van der Waals surface area contributed by atoms with Gasteiger partial charge in [-0.15, -0.1) is 0 Å². The molecule has 0 N–H and O–H groups in total. The lowest BCUT2D eigenvalue weighted by Gasteiger charge is -2.56. The first-order chi connectivity index (χ1) is 14.2. The van der Waals surface area contributed by atoms with Gasteiger partial charge in [0, 0.05) is 12.6 Å². The van der Waals surface area contributed by atoms with E-state index in [0.29, 0.717) is 26.0 Å². The van der Waals surface area contributed by atoms with Gasteiger partial charge in [-0.05, 0) is 76.5 Å². The largest absolute Gasteiger partial charge is 0.463 e. The SMILES string of the molecule is CCOC(=O)C=C1CCN(C(=O)OC(C)(C)C)C(c2c(C)cccc2C)(C(C)(C)C)C1. The van der Waals surface area contributed by atoms with E-state index >= 15 is 0 Å².